The van der Waals surface area contributed by atoms with Gasteiger partial charge in [-0.1, -0.05) is 30.3 Å². The molecule has 0 saturated carbocycles. The summed E-state index contributed by atoms with van der Waals surface area (Å²) in [4.78, 5) is 3.82. The van der Waals surface area contributed by atoms with Crippen LogP contribution in [0.2, 0.25) is 0 Å². The highest BCUT2D eigenvalue weighted by Crippen LogP contribution is 2.33. The van der Waals surface area contributed by atoms with Crippen LogP contribution >= 0.6 is 0 Å². The first-order chi connectivity index (χ1) is 10.6. The van der Waals surface area contributed by atoms with Gasteiger partial charge in [0.05, 0.1) is 6.54 Å². The Morgan fingerprint density at radius 1 is 1.05 bits per heavy atom. The van der Waals surface area contributed by atoms with Gasteiger partial charge in [0.2, 0.25) is 0 Å². The smallest absolute Gasteiger partial charge is 0.137 e. The van der Waals surface area contributed by atoms with E-state index in [0.717, 1.165) is 0 Å². The minimum Gasteiger partial charge on any atom is -0.378 e. The third kappa shape index (κ3) is 2.60. The van der Waals surface area contributed by atoms with Gasteiger partial charge in [-0.05, 0) is 23.8 Å². The van der Waals surface area contributed by atoms with Gasteiger partial charge in [-0.3, -0.25) is 0 Å². The summed E-state index contributed by atoms with van der Waals surface area (Å²) >= 11 is 0. The Hall–Kier alpha value is -2.60. The van der Waals surface area contributed by atoms with Crippen LogP contribution < -0.4 is 0 Å². The summed E-state index contributed by atoms with van der Waals surface area (Å²) in [7, 11) is 0. The normalized spacial score (nSPS) is 13.8. The van der Waals surface area contributed by atoms with Gasteiger partial charge >= 0.3 is 0 Å². The second-order valence-corrected chi connectivity index (χ2v) is 4.94. The van der Waals surface area contributed by atoms with E-state index < -0.39 is 17.2 Å². The molecule has 0 fully saturated rings. The standard InChI is InChI=1S/C16H13F2N3O/c17-13-7-5-12(6-8-13)16(22,9-21-11-19-10-20-21)14-3-1-2-4-15(14)18/h1-8,10-11,22H,9H2. The molecule has 112 valence electrons. The minimum atomic E-state index is -1.69. The fourth-order valence-corrected chi connectivity index (χ4v) is 2.40. The summed E-state index contributed by atoms with van der Waals surface area (Å²) in [6, 6.07) is 11.2. The Morgan fingerprint density at radius 3 is 2.41 bits per heavy atom. The molecular formula is C16H13F2N3O. The van der Waals surface area contributed by atoms with Crippen LogP contribution in [0.1, 0.15) is 11.1 Å². The van der Waals surface area contributed by atoms with Crippen molar-refractivity contribution in [2.45, 2.75) is 12.1 Å². The van der Waals surface area contributed by atoms with E-state index in [0.29, 0.717) is 5.56 Å². The molecule has 0 radical (unpaired) electrons. The zero-order valence-corrected chi connectivity index (χ0v) is 11.5. The summed E-state index contributed by atoms with van der Waals surface area (Å²) in [6.45, 7) is -0.0421. The van der Waals surface area contributed by atoms with Gasteiger partial charge < -0.3 is 5.11 Å². The summed E-state index contributed by atoms with van der Waals surface area (Å²) in [5.41, 5.74) is -1.22. The lowest BCUT2D eigenvalue weighted by Gasteiger charge is -2.29. The molecule has 6 heteroatoms. The number of aliphatic hydroxyl groups is 1. The molecule has 0 aliphatic rings. The number of benzene rings is 2. The van der Waals surface area contributed by atoms with Crippen LogP contribution in [0.3, 0.4) is 0 Å². The SMILES string of the molecule is OC(Cn1cncn1)(c1ccc(F)cc1)c1ccccc1F. The first kappa shape index (κ1) is 14.3. The van der Waals surface area contributed by atoms with Crippen LogP contribution in [-0.2, 0) is 12.1 Å². The van der Waals surface area contributed by atoms with Crippen molar-refractivity contribution in [3.8, 4) is 0 Å². The first-order valence-corrected chi connectivity index (χ1v) is 6.65. The summed E-state index contributed by atoms with van der Waals surface area (Å²) in [5, 5.41) is 15.1. The first-order valence-electron chi connectivity index (χ1n) is 6.65. The molecule has 1 atom stereocenters. The van der Waals surface area contributed by atoms with Crippen molar-refractivity contribution >= 4 is 0 Å². The van der Waals surface area contributed by atoms with Crippen LogP contribution in [0.25, 0.3) is 0 Å². The van der Waals surface area contributed by atoms with Crippen molar-refractivity contribution in [1.29, 1.82) is 0 Å². The maximum Gasteiger partial charge on any atom is 0.137 e. The molecule has 3 rings (SSSR count). The quantitative estimate of drug-likeness (QED) is 0.805. The third-order valence-electron chi connectivity index (χ3n) is 3.50. The van der Waals surface area contributed by atoms with Crippen molar-refractivity contribution in [2.75, 3.05) is 0 Å². The summed E-state index contributed by atoms with van der Waals surface area (Å²) < 4.78 is 28.7. The van der Waals surface area contributed by atoms with Crippen molar-refractivity contribution < 1.29 is 13.9 Å². The predicted octanol–water partition coefficient (Wildman–Crippen LogP) is 2.49. The maximum absolute atomic E-state index is 14.2. The van der Waals surface area contributed by atoms with Gasteiger partial charge in [0.25, 0.3) is 0 Å². The number of hydrogen-bond acceptors (Lipinski definition) is 3. The van der Waals surface area contributed by atoms with Gasteiger partial charge in [-0.2, -0.15) is 5.10 Å². The molecule has 2 aromatic carbocycles. The summed E-state index contributed by atoms with van der Waals surface area (Å²) in [5.74, 6) is -0.977. The average molecular weight is 301 g/mol. The molecule has 0 spiro atoms. The molecular weight excluding hydrogens is 288 g/mol. The average Bonchev–Trinajstić information content (AvgIpc) is 3.01. The van der Waals surface area contributed by atoms with E-state index in [2.05, 4.69) is 10.1 Å². The van der Waals surface area contributed by atoms with E-state index in [1.54, 1.807) is 12.1 Å². The fraction of sp³-hybridized carbons (Fsp3) is 0.125. The van der Waals surface area contributed by atoms with Crippen molar-refractivity contribution in [3.63, 3.8) is 0 Å². The highest BCUT2D eigenvalue weighted by atomic mass is 19.1. The Balaban J connectivity index is 2.13. The molecule has 4 nitrogen and oxygen atoms in total. The van der Waals surface area contributed by atoms with E-state index in [1.165, 1.54) is 53.7 Å². The second-order valence-electron chi connectivity index (χ2n) is 4.94. The van der Waals surface area contributed by atoms with Gasteiger partial charge in [-0.25, -0.2) is 18.4 Å². The van der Waals surface area contributed by atoms with E-state index in [9.17, 15) is 13.9 Å². The fourth-order valence-electron chi connectivity index (χ4n) is 2.40. The Kier molecular flexibility index (Phi) is 3.68. The third-order valence-corrected chi connectivity index (χ3v) is 3.50. The molecule has 3 aromatic rings. The van der Waals surface area contributed by atoms with Crippen LogP contribution in [-0.4, -0.2) is 19.9 Å². The molecule has 0 aliphatic heterocycles. The molecule has 0 amide bonds. The topological polar surface area (TPSA) is 50.9 Å². The molecule has 1 unspecified atom stereocenters. The Morgan fingerprint density at radius 2 is 1.77 bits per heavy atom. The highest BCUT2D eigenvalue weighted by molar-refractivity contribution is 5.36. The number of halogens is 2. The van der Waals surface area contributed by atoms with Crippen LogP contribution in [0.15, 0.2) is 61.2 Å². The van der Waals surface area contributed by atoms with Crippen molar-refractivity contribution in [1.82, 2.24) is 14.8 Å². The lowest BCUT2D eigenvalue weighted by Crippen LogP contribution is -2.34. The molecule has 0 bridgehead atoms. The maximum atomic E-state index is 14.2. The largest absolute Gasteiger partial charge is 0.378 e. The van der Waals surface area contributed by atoms with Crippen LogP contribution in [0.5, 0.6) is 0 Å². The predicted molar refractivity (Wildman–Crippen MR) is 75.8 cm³/mol. The Labute approximate surface area is 125 Å². The van der Waals surface area contributed by atoms with Crippen LogP contribution in [0.4, 0.5) is 8.78 Å². The zero-order chi connectivity index (χ0) is 15.6. The van der Waals surface area contributed by atoms with E-state index in [-0.39, 0.29) is 12.1 Å². The molecule has 0 saturated heterocycles. The molecule has 22 heavy (non-hydrogen) atoms. The lowest BCUT2D eigenvalue weighted by molar-refractivity contribution is 0.0535. The van der Waals surface area contributed by atoms with E-state index in [1.807, 2.05) is 0 Å². The summed E-state index contributed by atoms with van der Waals surface area (Å²) in [6.07, 6.45) is 2.75. The van der Waals surface area contributed by atoms with Crippen LogP contribution in [0, 0.1) is 11.6 Å². The monoisotopic (exact) mass is 301 g/mol. The number of aromatic nitrogens is 3. The molecule has 1 heterocycles. The zero-order valence-electron chi connectivity index (χ0n) is 11.5. The van der Waals surface area contributed by atoms with Crippen molar-refractivity contribution in [2.24, 2.45) is 0 Å². The Bertz CT molecular complexity index is 759. The number of rotatable bonds is 4. The van der Waals surface area contributed by atoms with Gasteiger partial charge in [0, 0.05) is 5.56 Å². The van der Waals surface area contributed by atoms with Gasteiger partial charge in [0.1, 0.15) is 29.9 Å². The van der Waals surface area contributed by atoms with E-state index in [4.69, 9.17) is 0 Å². The molecule has 1 aromatic heterocycles. The lowest BCUT2D eigenvalue weighted by atomic mass is 9.86. The van der Waals surface area contributed by atoms with E-state index >= 15 is 0 Å². The molecule has 1 N–H and O–H groups in total. The van der Waals surface area contributed by atoms with Crippen molar-refractivity contribution in [3.05, 3.63) is 83.9 Å². The molecule has 0 aliphatic carbocycles. The van der Waals surface area contributed by atoms with Gasteiger partial charge in [0.15, 0.2) is 0 Å². The second kappa shape index (κ2) is 5.65. The highest BCUT2D eigenvalue weighted by Gasteiger charge is 2.35. The minimum absolute atomic E-state index is 0.0421. The number of nitrogens with zero attached hydrogens (tertiary/aromatic N) is 3. The number of hydrogen-bond donors (Lipinski definition) is 1. The van der Waals surface area contributed by atoms with Gasteiger partial charge in [-0.15, -0.1) is 0 Å².